The standard InChI is InChI=1S/C23H27Cl2FN4O5/c1-23(2,3)35-22(31)30-15-11-34-10-14(15)29-21-27-8-12(9-28-21)6-13(26)18-19(24)16(32-4)7-17(33-5)20(18)25/h6-9,14-15H,10-11H2,1-5H3,(H,30,31)(H,27,28,29)/b13-6-. The van der Waals surface area contributed by atoms with Crippen molar-refractivity contribution in [2.45, 2.75) is 38.5 Å². The molecule has 2 unspecified atom stereocenters. The second-order valence-corrected chi connectivity index (χ2v) is 9.41. The molecule has 1 aliphatic rings. The van der Waals surface area contributed by atoms with Crippen molar-refractivity contribution in [2.75, 3.05) is 32.8 Å². The van der Waals surface area contributed by atoms with Gasteiger partial charge in [0.2, 0.25) is 5.95 Å². The number of methoxy groups -OCH3 is 2. The van der Waals surface area contributed by atoms with E-state index in [1.54, 1.807) is 20.8 Å². The van der Waals surface area contributed by atoms with Crippen LogP contribution < -0.4 is 20.1 Å². The largest absolute Gasteiger partial charge is 0.495 e. The van der Waals surface area contributed by atoms with Gasteiger partial charge in [0, 0.05) is 24.0 Å². The molecule has 2 N–H and O–H groups in total. The lowest BCUT2D eigenvalue weighted by Crippen LogP contribution is -2.47. The third-order valence-corrected chi connectivity index (χ3v) is 5.63. The lowest BCUT2D eigenvalue weighted by molar-refractivity contribution is 0.0497. The Morgan fingerprint density at radius 1 is 1.11 bits per heavy atom. The van der Waals surface area contributed by atoms with Crippen LogP contribution in [0.4, 0.5) is 15.1 Å². The van der Waals surface area contributed by atoms with Crippen molar-refractivity contribution in [1.29, 1.82) is 0 Å². The van der Waals surface area contributed by atoms with E-state index >= 15 is 4.39 Å². The zero-order valence-corrected chi connectivity index (χ0v) is 21.5. The van der Waals surface area contributed by atoms with Crippen LogP contribution in [0.3, 0.4) is 0 Å². The molecular formula is C23H27Cl2FN4O5. The fraction of sp³-hybridized carbons (Fsp3) is 0.435. The van der Waals surface area contributed by atoms with E-state index in [9.17, 15) is 4.79 Å². The van der Waals surface area contributed by atoms with E-state index < -0.39 is 17.5 Å². The van der Waals surface area contributed by atoms with E-state index in [1.165, 1.54) is 38.8 Å². The first-order chi connectivity index (χ1) is 16.5. The predicted octanol–water partition coefficient (Wildman–Crippen LogP) is 4.97. The van der Waals surface area contributed by atoms with Crippen LogP contribution in [0.2, 0.25) is 10.0 Å². The molecule has 3 rings (SSSR count). The molecule has 0 saturated carbocycles. The van der Waals surface area contributed by atoms with Crippen molar-refractivity contribution in [1.82, 2.24) is 15.3 Å². The highest BCUT2D eigenvalue weighted by Crippen LogP contribution is 2.44. The number of nitrogens with one attached hydrogen (secondary N) is 2. The van der Waals surface area contributed by atoms with Gasteiger partial charge in [0.15, 0.2) is 0 Å². The number of anilines is 1. The van der Waals surface area contributed by atoms with Gasteiger partial charge in [-0.05, 0) is 26.8 Å². The molecule has 12 heteroatoms. The van der Waals surface area contributed by atoms with Crippen LogP contribution in [0.25, 0.3) is 11.9 Å². The molecule has 2 heterocycles. The molecule has 1 saturated heterocycles. The summed E-state index contributed by atoms with van der Waals surface area (Å²) in [5.74, 6) is 0.00618. The van der Waals surface area contributed by atoms with E-state index in [1.807, 2.05) is 0 Å². The minimum atomic E-state index is -0.715. The summed E-state index contributed by atoms with van der Waals surface area (Å²) >= 11 is 12.5. The van der Waals surface area contributed by atoms with Crippen LogP contribution in [0.1, 0.15) is 31.9 Å². The predicted molar refractivity (Wildman–Crippen MR) is 132 cm³/mol. The second-order valence-electron chi connectivity index (χ2n) is 8.66. The Balaban J connectivity index is 1.72. The van der Waals surface area contributed by atoms with Gasteiger partial charge in [0.25, 0.3) is 0 Å². The quantitative estimate of drug-likeness (QED) is 0.518. The Morgan fingerprint density at radius 3 is 2.23 bits per heavy atom. The Morgan fingerprint density at radius 2 is 1.69 bits per heavy atom. The number of nitrogens with zero attached hydrogens (tertiary/aromatic N) is 2. The van der Waals surface area contributed by atoms with Crippen molar-refractivity contribution in [3.63, 3.8) is 0 Å². The van der Waals surface area contributed by atoms with E-state index in [2.05, 4.69) is 20.6 Å². The molecule has 2 aromatic rings. The Kier molecular flexibility index (Phi) is 8.63. The molecule has 35 heavy (non-hydrogen) atoms. The van der Waals surface area contributed by atoms with Crippen molar-refractivity contribution in [3.8, 4) is 11.5 Å². The zero-order valence-electron chi connectivity index (χ0n) is 19.9. The Labute approximate surface area is 212 Å². The molecule has 1 fully saturated rings. The van der Waals surface area contributed by atoms with Crippen LogP contribution in [0, 0.1) is 0 Å². The number of alkyl carbamates (subject to hydrolysis) is 1. The van der Waals surface area contributed by atoms with Gasteiger partial charge in [-0.15, -0.1) is 0 Å². The summed E-state index contributed by atoms with van der Waals surface area (Å²) in [5.41, 5.74) is -0.308. The fourth-order valence-corrected chi connectivity index (χ4v) is 3.95. The number of hydrogen-bond acceptors (Lipinski definition) is 8. The first-order valence-corrected chi connectivity index (χ1v) is 11.4. The third-order valence-electron chi connectivity index (χ3n) is 4.87. The van der Waals surface area contributed by atoms with Gasteiger partial charge >= 0.3 is 6.09 Å². The van der Waals surface area contributed by atoms with Gasteiger partial charge in [-0.2, -0.15) is 0 Å². The van der Waals surface area contributed by atoms with Crippen molar-refractivity contribution < 1.29 is 28.1 Å². The molecule has 1 aliphatic heterocycles. The summed E-state index contributed by atoms with van der Waals surface area (Å²) in [4.78, 5) is 20.5. The summed E-state index contributed by atoms with van der Waals surface area (Å²) in [6, 6.07) is 0.864. The molecule has 0 radical (unpaired) electrons. The topological polar surface area (TPSA) is 104 Å². The van der Waals surface area contributed by atoms with Gasteiger partial charge in [0.1, 0.15) is 22.9 Å². The third kappa shape index (κ3) is 6.87. The van der Waals surface area contributed by atoms with E-state index in [-0.39, 0.29) is 45.1 Å². The highest BCUT2D eigenvalue weighted by Gasteiger charge is 2.31. The number of halogens is 3. The number of benzene rings is 1. The van der Waals surface area contributed by atoms with E-state index in [0.717, 1.165) is 0 Å². The van der Waals surface area contributed by atoms with E-state index in [4.69, 9.17) is 42.1 Å². The minimum absolute atomic E-state index is 0.0102. The summed E-state index contributed by atoms with van der Waals surface area (Å²) in [6.45, 7) is 6.01. The van der Waals surface area contributed by atoms with Gasteiger partial charge in [-0.1, -0.05) is 23.2 Å². The second kappa shape index (κ2) is 11.3. The minimum Gasteiger partial charge on any atom is -0.495 e. The number of ether oxygens (including phenoxy) is 4. The van der Waals surface area contributed by atoms with Crippen LogP contribution in [-0.4, -0.2) is 61.2 Å². The summed E-state index contributed by atoms with van der Waals surface area (Å²) in [6.07, 6.45) is 3.52. The molecule has 1 aromatic heterocycles. The van der Waals surface area contributed by atoms with Gasteiger partial charge in [-0.25, -0.2) is 19.2 Å². The smallest absolute Gasteiger partial charge is 0.408 e. The van der Waals surface area contributed by atoms with Crippen LogP contribution in [0.15, 0.2) is 18.5 Å². The average Bonchev–Trinajstić information content (AvgIpc) is 3.20. The molecule has 0 spiro atoms. The lowest BCUT2D eigenvalue weighted by Gasteiger charge is -2.24. The molecule has 1 aromatic carbocycles. The Hall–Kier alpha value is -2.82. The number of amides is 1. The first-order valence-electron chi connectivity index (χ1n) is 10.7. The first kappa shape index (κ1) is 26.8. The molecule has 0 bridgehead atoms. The highest BCUT2D eigenvalue weighted by molar-refractivity contribution is 6.39. The molecule has 190 valence electrons. The normalized spacial score (nSPS) is 18.2. The number of rotatable bonds is 7. The maximum absolute atomic E-state index is 15.1. The van der Waals surface area contributed by atoms with Crippen LogP contribution >= 0.6 is 23.2 Å². The van der Waals surface area contributed by atoms with Crippen molar-refractivity contribution >= 4 is 47.1 Å². The van der Waals surface area contributed by atoms with E-state index in [0.29, 0.717) is 18.8 Å². The maximum Gasteiger partial charge on any atom is 0.408 e. The summed E-state index contributed by atoms with van der Waals surface area (Å²) in [5, 5.41) is 5.91. The lowest BCUT2D eigenvalue weighted by atomic mass is 10.1. The maximum atomic E-state index is 15.1. The van der Waals surface area contributed by atoms with Gasteiger partial charge < -0.3 is 29.6 Å². The summed E-state index contributed by atoms with van der Waals surface area (Å²) < 4.78 is 36.2. The molecule has 2 atom stereocenters. The number of aromatic nitrogens is 2. The van der Waals surface area contributed by atoms with Crippen molar-refractivity contribution in [2.24, 2.45) is 0 Å². The summed E-state index contributed by atoms with van der Waals surface area (Å²) in [7, 11) is 2.81. The highest BCUT2D eigenvalue weighted by atomic mass is 35.5. The number of hydrogen-bond donors (Lipinski definition) is 2. The average molecular weight is 529 g/mol. The Bertz CT molecular complexity index is 1060. The molecule has 1 amide bonds. The van der Waals surface area contributed by atoms with Crippen LogP contribution in [-0.2, 0) is 9.47 Å². The molecule has 9 nitrogen and oxygen atoms in total. The van der Waals surface area contributed by atoms with Gasteiger partial charge in [-0.3, -0.25) is 0 Å². The molecule has 0 aliphatic carbocycles. The molecular weight excluding hydrogens is 502 g/mol. The number of carbonyl (C=O) groups is 1. The fourth-order valence-electron chi connectivity index (χ4n) is 3.26. The zero-order chi connectivity index (χ0) is 25.8. The SMILES string of the molecule is COc1cc(OC)c(Cl)c(/C(F)=C/c2cnc(NC3COCC3NC(=O)OC(C)(C)C)nc2)c1Cl. The monoisotopic (exact) mass is 528 g/mol. The number of carbonyl (C=O) groups excluding carboxylic acids is 1. The van der Waals surface area contributed by atoms with Gasteiger partial charge in [0.05, 0.1) is 55.1 Å². The van der Waals surface area contributed by atoms with Crippen LogP contribution in [0.5, 0.6) is 11.5 Å². The van der Waals surface area contributed by atoms with Crippen molar-refractivity contribution in [3.05, 3.63) is 39.6 Å².